The van der Waals surface area contributed by atoms with Gasteiger partial charge in [-0.15, -0.1) is 11.3 Å². The van der Waals surface area contributed by atoms with Gasteiger partial charge in [-0.05, 0) is 53.1 Å². The van der Waals surface area contributed by atoms with Gasteiger partial charge in [-0.1, -0.05) is 0 Å². The number of aliphatic hydroxyl groups is 1. The van der Waals surface area contributed by atoms with Crippen molar-refractivity contribution in [3.8, 4) is 0 Å². The van der Waals surface area contributed by atoms with Crippen molar-refractivity contribution in [1.82, 2.24) is 19.7 Å². The summed E-state index contributed by atoms with van der Waals surface area (Å²) < 4.78 is 0. The maximum atomic E-state index is 9.57. The average molecular weight is 367 g/mol. The standard InChI is InChI=1S/C19H34N4OS/c1-15(2)22-7-4-17(5-8-22)23-10-9-21(13-18(23)6-11-24)14-19-12-20-16(3)25-19/h12,15,17-18,24H,4-11,13-14H2,1-3H3. The molecule has 2 fully saturated rings. The molecule has 1 atom stereocenters. The van der Waals surface area contributed by atoms with E-state index in [0.29, 0.717) is 24.7 Å². The van der Waals surface area contributed by atoms with E-state index in [1.165, 1.54) is 30.8 Å². The Morgan fingerprint density at radius 3 is 2.60 bits per heavy atom. The molecule has 5 nitrogen and oxygen atoms in total. The molecule has 0 bridgehead atoms. The van der Waals surface area contributed by atoms with Gasteiger partial charge in [0.1, 0.15) is 0 Å². The molecule has 0 aliphatic carbocycles. The smallest absolute Gasteiger partial charge is 0.0897 e. The van der Waals surface area contributed by atoms with Gasteiger partial charge in [0.2, 0.25) is 0 Å². The zero-order chi connectivity index (χ0) is 17.8. The van der Waals surface area contributed by atoms with Crippen LogP contribution in [-0.2, 0) is 6.54 Å². The average Bonchev–Trinajstić information content (AvgIpc) is 3.00. The molecule has 1 aromatic rings. The minimum Gasteiger partial charge on any atom is -0.396 e. The van der Waals surface area contributed by atoms with Crippen molar-refractivity contribution in [2.75, 3.05) is 39.3 Å². The van der Waals surface area contributed by atoms with Crippen molar-refractivity contribution in [1.29, 1.82) is 0 Å². The lowest BCUT2D eigenvalue weighted by molar-refractivity contribution is 0.000217. The van der Waals surface area contributed by atoms with E-state index in [4.69, 9.17) is 0 Å². The Hall–Kier alpha value is -0.530. The van der Waals surface area contributed by atoms with E-state index in [9.17, 15) is 5.11 Å². The van der Waals surface area contributed by atoms with Crippen LogP contribution in [-0.4, -0.2) is 82.2 Å². The number of piperidine rings is 1. The van der Waals surface area contributed by atoms with Gasteiger partial charge in [-0.2, -0.15) is 0 Å². The van der Waals surface area contributed by atoms with E-state index >= 15 is 0 Å². The normalized spacial score (nSPS) is 25.1. The first kappa shape index (κ1) is 19.2. The number of rotatable bonds is 6. The number of aliphatic hydroxyl groups excluding tert-OH is 1. The Bertz CT molecular complexity index is 527. The van der Waals surface area contributed by atoms with Crippen LogP contribution in [0.15, 0.2) is 6.20 Å². The number of piperazine rings is 1. The molecule has 1 aromatic heterocycles. The van der Waals surface area contributed by atoms with Crippen molar-refractivity contribution in [2.24, 2.45) is 0 Å². The quantitative estimate of drug-likeness (QED) is 0.836. The maximum Gasteiger partial charge on any atom is 0.0897 e. The SMILES string of the molecule is Cc1ncc(CN2CCN(C3CCN(C(C)C)CC3)C(CCO)C2)s1. The number of nitrogens with zero attached hydrogens (tertiary/aromatic N) is 4. The Labute approximate surface area is 156 Å². The van der Waals surface area contributed by atoms with Crippen LogP contribution >= 0.6 is 11.3 Å². The highest BCUT2D eigenvalue weighted by molar-refractivity contribution is 7.11. The summed E-state index contributed by atoms with van der Waals surface area (Å²) in [5, 5.41) is 10.7. The summed E-state index contributed by atoms with van der Waals surface area (Å²) in [6.07, 6.45) is 5.46. The van der Waals surface area contributed by atoms with Gasteiger partial charge in [0.05, 0.1) is 5.01 Å². The molecule has 6 heteroatoms. The van der Waals surface area contributed by atoms with Crippen molar-refractivity contribution in [3.05, 3.63) is 16.1 Å². The van der Waals surface area contributed by atoms with Crippen LogP contribution in [0.5, 0.6) is 0 Å². The first-order chi connectivity index (χ1) is 12.1. The van der Waals surface area contributed by atoms with E-state index < -0.39 is 0 Å². The predicted molar refractivity (Wildman–Crippen MR) is 104 cm³/mol. The number of thiazole rings is 1. The Morgan fingerprint density at radius 1 is 1.24 bits per heavy atom. The maximum absolute atomic E-state index is 9.57. The second-order valence-corrected chi connectivity index (χ2v) is 9.16. The molecule has 3 rings (SSSR count). The molecule has 2 aliphatic heterocycles. The number of aromatic nitrogens is 1. The lowest BCUT2D eigenvalue weighted by Gasteiger charge is -2.48. The van der Waals surface area contributed by atoms with Crippen LogP contribution in [0.25, 0.3) is 0 Å². The van der Waals surface area contributed by atoms with Gasteiger partial charge >= 0.3 is 0 Å². The molecular formula is C19H34N4OS. The third-order valence-electron chi connectivity index (χ3n) is 5.82. The van der Waals surface area contributed by atoms with Gasteiger partial charge in [0.25, 0.3) is 0 Å². The van der Waals surface area contributed by atoms with Gasteiger partial charge in [-0.3, -0.25) is 9.80 Å². The third-order valence-corrected chi connectivity index (χ3v) is 6.72. The molecule has 0 saturated carbocycles. The minimum absolute atomic E-state index is 0.291. The lowest BCUT2D eigenvalue weighted by atomic mass is 9.97. The fourth-order valence-electron chi connectivity index (χ4n) is 4.40. The summed E-state index contributed by atoms with van der Waals surface area (Å²) in [5.74, 6) is 0. The van der Waals surface area contributed by atoms with E-state index in [-0.39, 0.29) is 0 Å². The molecule has 25 heavy (non-hydrogen) atoms. The summed E-state index contributed by atoms with van der Waals surface area (Å²) in [6, 6.07) is 1.84. The Balaban J connectivity index is 1.56. The molecule has 3 heterocycles. The highest BCUT2D eigenvalue weighted by Gasteiger charge is 2.33. The van der Waals surface area contributed by atoms with Crippen molar-refractivity contribution < 1.29 is 5.11 Å². The third kappa shape index (κ3) is 5.01. The Kier molecular flexibility index (Phi) is 6.86. The number of hydrogen-bond donors (Lipinski definition) is 1. The van der Waals surface area contributed by atoms with E-state index in [0.717, 1.165) is 37.6 Å². The number of hydrogen-bond acceptors (Lipinski definition) is 6. The van der Waals surface area contributed by atoms with Gasteiger partial charge in [0.15, 0.2) is 0 Å². The summed E-state index contributed by atoms with van der Waals surface area (Å²) in [6.45, 7) is 13.7. The van der Waals surface area contributed by atoms with Crippen molar-refractivity contribution in [2.45, 2.75) is 64.7 Å². The first-order valence-electron chi connectivity index (χ1n) is 9.81. The second kappa shape index (κ2) is 8.91. The summed E-state index contributed by atoms with van der Waals surface area (Å²) >= 11 is 1.81. The highest BCUT2D eigenvalue weighted by Crippen LogP contribution is 2.25. The molecular weight excluding hydrogens is 332 g/mol. The molecule has 1 N–H and O–H groups in total. The van der Waals surface area contributed by atoms with Crippen molar-refractivity contribution >= 4 is 11.3 Å². The largest absolute Gasteiger partial charge is 0.396 e. The molecule has 0 radical (unpaired) electrons. The number of aryl methyl sites for hydroxylation is 1. The van der Waals surface area contributed by atoms with E-state index in [1.54, 1.807) is 11.3 Å². The van der Waals surface area contributed by atoms with Crippen LogP contribution in [0.1, 0.15) is 43.0 Å². The van der Waals surface area contributed by atoms with Crippen LogP contribution in [0.2, 0.25) is 0 Å². The van der Waals surface area contributed by atoms with Gasteiger partial charge in [0, 0.05) is 62.0 Å². The van der Waals surface area contributed by atoms with Gasteiger partial charge < -0.3 is 10.0 Å². The molecule has 0 aromatic carbocycles. The van der Waals surface area contributed by atoms with Gasteiger partial charge in [-0.25, -0.2) is 4.98 Å². The van der Waals surface area contributed by atoms with Crippen LogP contribution in [0, 0.1) is 6.92 Å². The second-order valence-electron chi connectivity index (χ2n) is 7.85. The topological polar surface area (TPSA) is 42.8 Å². The first-order valence-corrected chi connectivity index (χ1v) is 10.6. The molecule has 2 saturated heterocycles. The number of likely N-dealkylation sites (tertiary alicyclic amines) is 1. The highest BCUT2D eigenvalue weighted by atomic mass is 32.1. The molecule has 0 spiro atoms. The monoisotopic (exact) mass is 366 g/mol. The van der Waals surface area contributed by atoms with Crippen LogP contribution < -0.4 is 0 Å². The zero-order valence-corrected chi connectivity index (χ0v) is 16.8. The van der Waals surface area contributed by atoms with Crippen LogP contribution in [0.3, 0.4) is 0 Å². The molecule has 142 valence electrons. The minimum atomic E-state index is 0.291. The van der Waals surface area contributed by atoms with E-state index in [1.807, 2.05) is 6.20 Å². The molecule has 2 aliphatic rings. The predicted octanol–water partition coefficient (Wildman–Crippen LogP) is 2.19. The molecule has 0 amide bonds. The fourth-order valence-corrected chi connectivity index (χ4v) is 5.23. The Morgan fingerprint density at radius 2 is 2.00 bits per heavy atom. The van der Waals surface area contributed by atoms with E-state index in [2.05, 4.69) is 40.5 Å². The van der Waals surface area contributed by atoms with Crippen molar-refractivity contribution in [3.63, 3.8) is 0 Å². The fraction of sp³-hybridized carbons (Fsp3) is 0.842. The zero-order valence-electron chi connectivity index (χ0n) is 16.0. The lowest BCUT2D eigenvalue weighted by Crippen LogP contribution is -2.58. The van der Waals surface area contributed by atoms with Crippen LogP contribution in [0.4, 0.5) is 0 Å². The summed E-state index contributed by atoms with van der Waals surface area (Å²) in [4.78, 5) is 13.6. The summed E-state index contributed by atoms with van der Waals surface area (Å²) in [7, 11) is 0. The summed E-state index contributed by atoms with van der Waals surface area (Å²) in [5.41, 5.74) is 0. The molecule has 1 unspecified atom stereocenters.